The molecular formula is C38H38N6O5. The minimum absolute atomic E-state index is 0.0817. The van der Waals surface area contributed by atoms with Crippen molar-refractivity contribution in [1.29, 1.82) is 0 Å². The van der Waals surface area contributed by atoms with Gasteiger partial charge in [0.2, 0.25) is 0 Å². The molecule has 0 aliphatic rings. The third-order valence-corrected chi connectivity index (χ3v) is 8.37. The third kappa shape index (κ3) is 6.87. The van der Waals surface area contributed by atoms with Crippen molar-refractivity contribution in [3.8, 4) is 23.0 Å². The number of fused-ring (bicyclic) bond motifs is 2. The van der Waals surface area contributed by atoms with Crippen molar-refractivity contribution in [3.63, 3.8) is 0 Å². The zero-order chi connectivity index (χ0) is 34.7. The number of aromatic nitrogens is 4. The molecule has 2 heterocycles. The Morgan fingerprint density at radius 2 is 1.59 bits per heavy atom. The van der Waals surface area contributed by atoms with Crippen LogP contribution in [0.2, 0.25) is 0 Å². The number of anilines is 1. The van der Waals surface area contributed by atoms with Crippen LogP contribution in [0, 0.1) is 27.7 Å². The molecule has 0 atom stereocenters. The maximum atomic E-state index is 13.8. The van der Waals surface area contributed by atoms with Crippen molar-refractivity contribution < 1.29 is 24.2 Å². The molecule has 4 aromatic carbocycles. The first kappa shape index (κ1) is 33.0. The minimum Gasteiger partial charge on any atom is -0.506 e. The number of rotatable bonds is 10. The molecule has 0 bridgehead atoms. The first-order valence-electron chi connectivity index (χ1n) is 16.1. The number of unbranched alkanes of at least 4 members (excludes halogenated alkanes) is 1. The van der Waals surface area contributed by atoms with E-state index in [1.165, 1.54) is 33.8 Å². The lowest BCUT2D eigenvalue weighted by Crippen LogP contribution is -2.31. The van der Waals surface area contributed by atoms with Gasteiger partial charge in [0, 0.05) is 24.4 Å². The first-order valence-corrected chi connectivity index (χ1v) is 16.1. The first-order chi connectivity index (χ1) is 23.6. The number of aryl methyl sites for hydroxylation is 4. The van der Waals surface area contributed by atoms with E-state index in [1.807, 2.05) is 64.1 Å². The summed E-state index contributed by atoms with van der Waals surface area (Å²) in [6.45, 7) is 8.73. The van der Waals surface area contributed by atoms with Crippen LogP contribution in [0.25, 0.3) is 21.9 Å². The molecule has 250 valence electrons. The van der Waals surface area contributed by atoms with Gasteiger partial charge in [-0.3, -0.25) is 9.69 Å². The maximum absolute atomic E-state index is 13.8. The van der Waals surface area contributed by atoms with Crippen molar-refractivity contribution in [2.45, 2.75) is 40.5 Å². The number of phenolic OH excluding ortho intramolecular Hbond substituents is 1. The Morgan fingerprint density at radius 1 is 0.857 bits per heavy atom. The van der Waals surface area contributed by atoms with E-state index >= 15 is 0 Å². The van der Waals surface area contributed by atoms with E-state index in [2.05, 4.69) is 26.3 Å². The molecule has 0 aliphatic heterocycles. The summed E-state index contributed by atoms with van der Waals surface area (Å²) in [5.74, 6) is 1.02. The summed E-state index contributed by atoms with van der Waals surface area (Å²) < 4.78 is 13.8. The number of hydrogen-bond acceptors (Lipinski definition) is 8. The van der Waals surface area contributed by atoms with Crippen molar-refractivity contribution in [1.82, 2.24) is 24.8 Å². The normalized spacial score (nSPS) is 11.1. The van der Waals surface area contributed by atoms with E-state index in [1.54, 1.807) is 25.2 Å². The van der Waals surface area contributed by atoms with E-state index in [-0.39, 0.29) is 11.3 Å². The number of carbonyl (C=O) groups is 2. The van der Waals surface area contributed by atoms with Crippen molar-refractivity contribution in [2.24, 2.45) is 0 Å². The number of nitrogens with one attached hydrogen (secondary N) is 1. The van der Waals surface area contributed by atoms with E-state index < -0.39 is 11.9 Å². The monoisotopic (exact) mass is 658 g/mol. The summed E-state index contributed by atoms with van der Waals surface area (Å²) >= 11 is 0. The standard InChI is InChI=1S/C38H38N6O5/c1-23-12-14-31(25(3)18-23)48-17-9-8-16-39-37(46)29-20-33(27-10-6-7-11-28(27)35(29)45)49-32-15-13-24(2)19-30(32)43(5)38(47)44-22-42-34-26(4)40-21-41-36(34)44/h6-7,10-15,18-22,45H,8-9,16-17H2,1-5H3,(H,39,46). The van der Waals surface area contributed by atoms with E-state index in [0.29, 0.717) is 64.4 Å². The number of hydrogen-bond donors (Lipinski definition) is 2. The summed E-state index contributed by atoms with van der Waals surface area (Å²) in [7, 11) is 1.64. The quantitative estimate of drug-likeness (QED) is 0.146. The molecule has 0 unspecified atom stereocenters. The van der Waals surface area contributed by atoms with Gasteiger partial charge in [-0.25, -0.2) is 24.3 Å². The Labute approximate surface area is 284 Å². The summed E-state index contributed by atoms with van der Waals surface area (Å²) in [6, 6.07) is 19.9. The van der Waals surface area contributed by atoms with Crippen molar-refractivity contribution in [2.75, 3.05) is 25.1 Å². The molecule has 11 nitrogen and oxygen atoms in total. The molecule has 11 heteroatoms. The number of nitrogens with zero attached hydrogens (tertiary/aromatic N) is 5. The van der Waals surface area contributed by atoms with Crippen LogP contribution < -0.4 is 19.7 Å². The number of benzene rings is 4. The van der Waals surface area contributed by atoms with Gasteiger partial charge in [0.05, 0.1) is 23.6 Å². The van der Waals surface area contributed by atoms with Crippen molar-refractivity contribution >= 4 is 39.6 Å². The molecule has 0 radical (unpaired) electrons. The zero-order valence-corrected chi connectivity index (χ0v) is 28.2. The number of ether oxygens (including phenoxy) is 2. The molecule has 6 aromatic rings. The van der Waals surface area contributed by atoms with Crippen LogP contribution in [0.3, 0.4) is 0 Å². The third-order valence-electron chi connectivity index (χ3n) is 8.37. The fourth-order valence-corrected chi connectivity index (χ4v) is 5.70. The van der Waals surface area contributed by atoms with Gasteiger partial charge in [-0.2, -0.15) is 0 Å². The lowest BCUT2D eigenvalue weighted by molar-refractivity contribution is 0.0949. The molecule has 0 saturated heterocycles. The molecule has 0 aliphatic carbocycles. The van der Waals surface area contributed by atoms with Crippen LogP contribution in [0.5, 0.6) is 23.0 Å². The summed E-state index contributed by atoms with van der Waals surface area (Å²) in [4.78, 5) is 41.4. The molecule has 0 fully saturated rings. The van der Waals surface area contributed by atoms with Crippen LogP contribution in [0.4, 0.5) is 10.5 Å². The fourth-order valence-electron chi connectivity index (χ4n) is 5.70. The topological polar surface area (TPSA) is 132 Å². The number of carbonyl (C=O) groups excluding carboxylic acids is 2. The summed E-state index contributed by atoms with van der Waals surface area (Å²) in [5.41, 5.74) is 5.36. The largest absolute Gasteiger partial charge is 0.506 e. The highest BCUT2D eigenvalue weighted by Crippen LogP contribution is 2.41. The van der Waals surface area contributed by atoms with E-state index in [4.69, 9.17) is 9.47 Å². The van der Waals surface area contributed by atoms with Crippen molar-refractivity contribution in [3.05, 3.63) is 107 Å². The highest BCUT2D eigenvalue weighted by Gasteiger charge is 2.23. The number of imidazole rings is 1. The van der Waals surface area contributed by atoms with Gasteiger partial charge in [0.25, 0.3) is 5.91 Å². The molecule has 2 N–H and O–H groups in total. The Balaban J connectivity index is 1.21. The van der Waals surface area contributed by atoms with Crippen LogP contribution in [-0.2, 0) is 0 Å². The van der Waals surface area contributed by atoms with Gasteiger partial charge in [-0.05, 0) is 75.9 Å². The van der Waals surface area contributed by atoms with Crippen LogP contribution >= 0.6 is 0 Å². The highest BCUT2D eigenvalue weighted by molar-refractivity contribution is 6.06. The molecule has 2 amide bonds. The van der Waals surface area contributed by atoms with Crippen LogP contribution in [0.1, 0.15) is 45.6 Å². The van der Waals surface area contributed by atoms with E-state index in [0.717, 1.165) is 23.3 Å². The number of phenols is 1. The zero-order valence-electron chi connectivity index (χ0n) is 28.2. The Kier molecular flexibility index (Phi) is 9.43. The highest BCUT2D eigenvalue weighted by atomic mass is 16.5. The molecule has 0 spiro atoms. The van der Waals surface area contributed by atoms with Crippen LogP contribution in [-0.4, -0.2) is 56.8 Å². The molecular weight excluding hydrogens is 620 g/mol. The van der Waals surface area contributed by atoms with Gasteiger partial charge >= 0.3 is 6.03 Å². The van der Waals surface area contributed by atoms with Gasteiger partial charge < -0.3 is 19.9 Å². The molecule has 49 heavy (non-hydrogen) atoms. The van der Waals surface area contributed by atoms with Gasteiger partial charge in [0.1, 0.15) is 35.4 Å². The fraction of sp³-hybridized carbons (Fsp3) is 0.237. The summed E-state index contributed by atoms with van der Waals surface area (Å²) in [6.07, 6.45) is 4.27. The lowest BCUT2D eigenvalue weighted by Gasteiger charge is -2.22. The van der Waals surface area contributed by atoms with Gasteiger partial charge in [-0.15, -0.1) is 0 Å². The molecule has 2 aromatic heterocycles. The van der Waals surface area contributed by atoms with Crippen LogP contribution in [0.15, 0.2) is 79.4 Å². The Bertz CT molecular complexity index is 2190. The lowest BCUT2D eigenvalue weighted by atomic mass is 10.0. The second-order valence-corrected chi connectivity index (χ2v) is 12.1. The van der Waals surface area contributed by atoms with Gasteiger partial charge in [-0.1, -0.05) is 48.0 Å². The second kappa shape index (κ2) is 14.0. The maximum Gasteiger partial charge on any atom is 0.335 e. The summed E-state index contributed by atoms with van der Waals surface area (Å²) in [5, 5.41) is 15.2. The minimum atomic E-state index is -0.427. The SMILES string of the molecule is Cc1ccc(OCCCCNC(=O)c2cc(Oc3ccc(C)cc3N(C)C(=O)n3cnc4c(C)ncnc43)c3ccccc3c2O)c(C)c1. The average Bonchev–Trinajstić information content (AvgIpc) is 3.54. The number of aromatic hydroxyl groups is 1. The Hall–Kier alpha value is -5.97. The molecule has 0 saturated carbocycles. The second-order valence-electron chi connectivity index (χ2n) is 12.1. The smallest absolute Gasteiger partial charge is 0.335 e. The van der Waals surface area contributed by atoms with E-state index in [9.17, 15) is 14.7 Å². The Morgan fingerprint density at radius 3 is 2.37 bits per heavy atom. The molecule has 6 rings (SSSR count). The number of amides is 2. The average molecular weight is 659 g/mol. The predicted molar refractivity (Wildman–Crippen MR) is 189 cm³/mol. The van der Waals surface area contributed by atoms with Gasteiger partial charge in [0.15, 0.2) is 11.4 Å². The predicted octanol–water partition coefficient (Wildman–Crippen LogP) is 7.40.